The Hall–Kier alpha value is -2.23. The first-order valence-electron chi connectivity index (χ1n) is 6.82. The Balaban J connectivity index is 2.43. The van der Waals surface area contributed by atoms with Crippen LogP contribution >= 0.6 is 0 Å². The number of alkyl halides is 3. The predicted molar refractivity (Wildman–Crippen MR) is 74.9 cm³/mol. The second-order valence-electron chi connectivity index (χ2n) is 5.42. The molecule has 0 radical (unpaired) electrons. The van der Waals surface area contributed by atoms with E-state index in [1.54, 1.807) is 0 Å². The highest BCUT2D eigenvalue weighted by Gasteiger charge is 2.35. The van der Waals surface area contributed by atoms with Crippen LogP contribution in [0.3, 0.4) is 0 Å². The largest absolute Gasteiger partial charge is 0.480 e. The summed E-state index contributed by atoms with van der Waals surface area (Å²) >= 11 is 0. The zero-order chi connectivity index (χ0) is 16.5. The predicted octanol–water partition coefficient (Wildman–Crippen LogP) is 3.95. The van der Waals surface area contributed by atoms with E-state index < -0.39 is 29.4 Å². The lowest BCUT2D eigenvalue weighted by molar-refractivity contribution is -0.138. The van der Waals surface area contributed by atoms with Crippen molar-refractivity contribution in [1.29, 1.82) is 0 Å². The van der Waals surface area contributed by atoms with Crippen molar-refractivity contribution >= 4 is 17.3 Å². The molecule has 22 heavy (non-hydrogen) atoms. The number of hydrogen-bond acceptors (Lipinski definition) is 2. The van der Waals surface area contributed by atoms with Crippen LogP contribution in [0.5, 0.6) is 0 Å². The van der Waals surface area contributed by atoms with Crippen LogP contribution in [-0.2, 0) is 11.0 Å². The van der Waals surface area contributed by atoms with Crippen molar-refractivity contribution < 1.29 is 23.1 Å². The van der Waals surface area contributed by atoms with Gasteiger partial charge in [-0.3, -0.25) is 0 Å². The highest BCUT2D eigenvalue weighted by molar-refractivity contribution is 5.78. The first-order chi connectivity index (χ1) is 10.2. The molecule has 2 rings (SSSR count). The average Bonchev–Trinajstić information content (AvgIpc) is 3.26. The number of carboxylic acid groups (broad SMARTS) is 1. The van der Waals surface area contributed by atoms with Crippen LogP contribution in [0, 0.1) is 12.5 Å². The molecule has 0 amide bonds. The van der Waals surface area contributed by atoms with Gasteiger partial charge in [0.15, 0.2) is 5.69 Å². The molecule has 0 saturated heterocycles. The molecule has 1 unspecified atom stereocenters. The lowest BCUT2D eigenvalue weighted by Gasteiger charge is -2.29. The molecule has 4 nitrogen and oxygen atoms in total. The van der Waals surface area contributed by atoms with Gasteiger partial charge in [0.2, 0.25) is 0 Å². The van der Waals surface area contributed by atoms with E-state index in [9.17, 15) is 18.0 Å². The van der Waals surface area contributed by atoms with Crippen LogP contribution in [0.4, 0.5) is 24.5 Å². The van der Waals surface area contributed by atoms with E-state index in [1.807, 2.05) is 0 Å². The smallest absolute Gasteiger partial charge is 0.407 e. The minimum absolute atomic E-state index is 0.182. The fraction of sp³-hybridized carbons (Fsp3) is 0.467. The van der Waals surface area contributed by atoms with Gasteiger partial charge in [0.05, 0.1) is 12.1 Å². The van der Waals surface area contributed by atoms with E-state index in [4.69, 9.17) is 11.7 Å². The van der Waals surface area contributed by atoms with Gasteiger partial charge in [0, 0.05) is 12.2 Å². The number of carbonyl (C=O) groups is 1. The van der Waals surface area contributed by atoms with Gasteiger partial charge in [-0.1, -0.05) is 6.07 Å². The Morgan fingerprint density at radius 1 is 1.50 bits per heavy atom. The molecule has 1 aliphatic rings. The summed E-state index contributed by atoms with van der Waals surface area (Å²) in [5, 5.41) is 9.16. The summed E-state index contributed by atoms with van der Waals surface area (Å²) in [5.41, 5.74) is -1.33. The summed E-state index contributed by atoms with van der Waals surface area (Å²) in [5.74, 6) is -0.778. The molecule has 1 N–H and O–H groups in total. The summed E-state index contributed by atoms with van der Waals surface area (Å²) in [4.78, 5) is 15.6. The average molecular weight is 312 g/mol. The highest BCUT2D eigenvalue weighted by atomic mass is 19.4. The number of benzene rings is 1. The van der Waals surface area contributed by atoms with Gasteiger partial charge in [-0.15, -0.1) is 0 Å². The maximum Gasteiger partial charge on any atom is 0.407 e. The molecular weight excluding hydrogens is 297 g/mol. The van der Waals surface area contributed by atoms with Gasteiger partial charge in [-0.25, -0.2) is 9.64 Å². The van der Waals surface area contributed by atoms with Crippen LogP contribution in [0.15, 0.2) is 18.2 Å². The number of anilines is 1. The molecule has 0 heterocycles. The zero-order valence-corrected chi connectivity index (χ0v) is 11.9. The molecule has 1 aliphatic carbocycles. The standard InChI is InChI=1S/C15H15F3N2O2/c1-9(14(21)22)20(8-10-3-4-10)11-5-6-13(19-2)12(7-11)15(16,17)18/h5-7,9-10H,3-4,8H2,1H3,(H,21,22). The zero-order valence-electron chi connectivity index (χ0n) is 11.9. The van der Waals surface area contributed by atoms with Crippen LogP contribution in [-0.4, -0.2) is 23.7 Å². The maximum absolute atomic E-state index is 13.0. The fourth-order valence-corrected chi connectivity index (χ4v) is 2.23. The van der Waals surface area contributed by atoms with E-state index in [0.29, 0.717) is 12.5 Å². The molecule has 0 aliphatic heterocycles. The topological polar surface area (TPSA) is 44.9 Å². The summed E-state index contributed by atoms with van der Waals surface area (Å²) in [6, 6.07) is 2.42. The Morgan fingerprint density at radius 3 is 2.59 bits per heavy atom. The van der Waals surface area contributed by atoms with Crippen LogP contribution < -0.4 is 4.90 Å². The maximum atomic E-state index is 13.0. The number of nitrogens with zero attached hydrogens (tertiary/aromatic N) is 2. The first kappa shape index (κ1) is 16.1. The van der Waals surface area contributed by atoms with E-state index in [1.165, 1.54) is 17.9 Å². The summed E-state index contributed by atoms with van der Waals surface area (Å²) < 4.78 is 39.1. The number of carboxylic acids is 1. The van der Waals surface area contributed by atoms with Gasteiger partial charge in [-0.2, -0.15) is 13.2 Å². The molecule has 1 atom stereocenters. The summed E-state index contributed by atoms with van der Waals surface area (Å²) in [6.45, 7) is 8.69. The van der Waals surface area contributed by atoms with Crippen LogP contribution in [0.2, 0.25) is 0 Å². The van der Waals surface area contributed by atoms with Crippen molar-refractivity contribution in [1.82, 2.24) is 0 Å². The van der Waals surface area contributed by atoms with E-state index in [0.717, 1.165) is 25.0 Å². The van der Waals surface area contributed by atoms with Gasteiger partial charge in [0.25, 0.3) is 0 Å². The van der Waals surface area contributed by atoms with Crippen molar-refractivity contribution in [3.63, 3.8) is 0 Å². The SMILES string of the molecule is [C-]#[N+]c1ccc(N(CC2CC2)C(C)C(=O)O)cc1C(F)(F)F. The third-order valence-corrected chi connectivity index (χ3v) is 3.71. The molecule has 1 saturated carbocycles. The van der Waals surface area contributed by atoms with Gasteiger partial charge >= 0.3 is 12.1 Å². The second kappa shape index (κ2) is 5.87. The fourth-order valence-electron chi connectivity index (χ4n) is 2.23. The Morgan fingerprint density at radius 2 is 2.14 bits per heavy atom. The molecule has 1 fully saturated rings. The monoisotopic (exact) mass is 312 g/mol. The van der Waals surface area contributed by atoms with E-state index in [-0.39, 0.29) is 5.69 Å². The minimum atomic E-state index is -4.65. The van der Waals surface area contributed by atoms with Crippen molar-refractivity contribution in [2.24, 2.45) is 5.92 Å². The molecule has 7 heteroatoms. The van der Waals surface area contributed by atoms with Gasteiger partial charge < -0.3 is 10.0 Å². The number of hydrogen-bond donors (Lipinski definition) is 1. The third-order valence-electron chi connectivity index (χ3n) is 3.71. The van der Waals surface area contributed by atoms with Crippen molar-refractivity contribution in [2.75, 3.05) is 11.4 Å². The first-order valence-corrected chi connectivity index (χ1v) is 6.82. The Labute approximate surface area is 126 Å². The lowest BCUT2D eigenvalue weighted by atomic mass is 10.1. The molecular formula is C15H15F3N2O2. The normalized spacial score (nSPS) is 16.0. The van der Waals surface area contributed by atoms with Crippen molar-refractivity contribution in [2.45, 2.75) is 32.0 Å². The summed E-state index contributed by atoms with van der Waals surface area (Å²) in [7, 11) is 0. The quantitative estimate of drug-likeness (QED) is 0.837. The van der Waals surface area contributed by atoms with Gasteiger partial charge in [0.1, 0.15) is 6.04 Å². The molecule has 1 aromatic carbocycles. The van der Waals surface area contributed by atoms with E-state index >= 15 is 0 Å². The lowest BCUT2D eigenvalue weighted by Crippen LogP contribution is -2.40. The molecule has 0 bridgehead atoms. The Bertz CT molecular complexity index is 618. The molecule has 0 spiro atoms. The summed E-state index contributed by atoms with van der Waals surface area (Å²) in [6.07, 6.45) is -2.74. The van der Waals surface area contributed by atoms with Crippen LogP contribution in [0.1, 0.15) is 25.3 Å². The van der Waals surface area contributed by atoms with Crippen LogP contribution in [0.25, 0.3) is 4.85 Å². The number of rotatable bonds is 5. The van der Waals surface area contributed by atoms with Crippen molar-refractivity contribution in [3.8, 4) is 0 Å². The number of halogens is 3. The highest BCUT2D eigenvalue weighted by Crippen LogP contribution is 2.40. The minimum Gasteiger partial charge on any atom is -0.480 e. The third kappa shape index (κ3) is 3.50. The van der Waals surface area contributed by atoms with Crippen molar-refractivity contribution in [3.05, 3.63) is 35.2 Å². The Kier molecular flexibility index (Phi) is 4.31. The van der Waals surface area contributed by atoms with E-state index in [2.05, 4.69) is 4.85 Å². The second-order valence-corrected chi connectivity index (χ2v) is 5.42. The molecule has 1 aromatic rings. The van der Waals surface area contributed by atoms with Gasteiger partial charge in [-0.05, 0) is 37.8 Å². The molecule has 118 valence electrons. The molecule has 0 aromatic heterocycles. The number of aliphatic carboxylic acids is 1.